The fraction of sp³-hybridized carbons (Fsp3) is 0.200. The van der Waals surface area contributed by atoms with Crippen molar-refractivity contribution in [1.82, 2.24) is 14.8 Å². The van der Waals surface area contributed by atoms with Gasteiger partial charge in [0.25, 0.3) is 5.91 Å². The second-order valence-electron chi connectivity index (χ2n) is 6.00. The van der Waals surface area contributed by atoms with E-state index in [1.54, 1.807) is 42.5 Å². The summed E-state index contributed by atoms with van der Waals surface area (Å²) in [5.41, 5.74) is 1.32. The van der Waals surface area contributed by atoms with Crippen molar-refractivity contribution in [2.45, 2.75) is 13.3 Å². The lowest BCUT2D eigenvalue weighted by atomic mass is 10.2. The first kappa shape index (κ1) is 20.3. The molecular formula is C20H19ClN4O4. The fourth-order valence-electron chi connectivity index (χ4n) is 2.45. The maximum absolute atomic E-state index is 12.3. The van der Waals surface area contributed by atoms with Crippen LogP contribution in [0.4, 0.5) is 5.69 Å². The van der Waals surface area contributed by atoms with E-state index in [2.05, 4.69) is 15.4 Å². The molecule has 3 aromatic rings. The van der Waals surface area contributed by atoms with E-state index in [9.17, 15) is 9.59 Å². The van der Waals surface area contributed by atoms with Gasteiger partial charge in [-0.2, -0.15) is 5.10 Å². The highest BCUT2D eigenvalue weighted by Crippen LogP contribution is 2.24. The van der Waals surface area contributed by atoms with Crippen molar-refractivity contribution < 1.29 is 19.1 Å². The molecule has 1 aromatic heterocycles. The van der Waals surface area contributed by atoms with Crippen molar-refractivity contribution in [2.24, 2.45) is 0 Å². The Morgan fingerprint density at radius 2 is 1.97 bits per heavy atom. The smallest absolute Gasteiger partial charge is 0.338 e. The van der Waals surface area contributed by atoms with Crippen LogP contribution in [0.15, 0.2) is 55.1 Å². The molecular weight excluding hydrogens is 396 g/mol. The van der Waals surface area contributed by atoms with Crippen molar-refractivity contribution in [1.29, 1.82) is 0 Å². The zero-order valence-electron chi connectivity index (χ0n) is 15.7. The SMILES string of the molecule is CCCOc1ccc(C(=O)OCC(=O)Nc2cc(Cl)ccc2-n2cncn2)cc1. The van der Waals surface area contributed by atoms with E-state index in [4.69, 9.17) is 21.1 Å². The molecule has 0 unspecified atom stereocenters. The van der Waals surface area contributed by atoms with E-state index < -0.39 is 18.5 Å². The fourth-order valence-corrected chi connectivity index (χ4v) is 2.62. The van der Waals surface area contributed by atoms with E-state index in [0.717, 1.165) is 6.42 Å². The molecule has 3 rings (SSSR count). The maximum Gasteiger partial charge on any atom is 0.338 e. The lowest BCUT2D eigenvalue weighted by Gasteiger charge is -2.12. The average molecular weight is 415 g/mol. The molecule has 29 heavy (non-hydrogen) atoms. The Morgan fingerprint density at radius 1 is 1.17 bits per heavy atom. The maximum atomic E-state index is 12.3. The molecule has 9 heteroatoms. The van der Waals surface area contributed by atoms with Gasteiger partial charge in [-0.05, 0) is 48.9 Å². The largest absolute Gasteiger partial charge is 0.494 e. The van der Waals surface area contributed by atoms with E-state index in [1.807, 2.05) is 6.92 Å². The third-order valence-corrected chi connectivity index (χ3v) is 4.03. The molecule has 0 bridgehead atoms. The minimum atomic E-state index is -0.607. The third-order valence-electron chi connectivity index (χ3n) is 3.80. The molecule has 150 valence electrons. The van der Waals surface area contributed by atoms with Gasteiger partial charge < -0.3 is 14.8 Å². The molecule has 1 amide bonds. The molecule has 0 saturated heterocycles. The molecule has 0 fully saturated rings. The number of carbonyl (C=O) groups excluding carboxylic acids is 2. The van der Waals surface area contributed by atoms with Gasteiger partial charge in [0.2, 0.25) is 0 Å². The van der Waals surface area contributed by atoms with Crippen molar-refractivity contribution in [3.63, 3.8) is 0 Å². The minimum Gasteiger partial charge on any atom is -0.494 e. The normalized spacial score (nSPS) is 10.4. The summed E-state index contributed by atoms with van der Waals surface area (Å²) >= 11 is 6.02. The first-order valence-electron chi connectivity index (χ1n) is 8.91. The van der Waals surface area contributed by atoms with Gasteiger partial charge in [-0.1, -0.05) is 18.5 Å². The van der Waals surface area contributed by atoms with Crippen LogP contribution >= 0.6 is 11.6 Å². The molecule has 0 atom stereocenters. The Kier molecular flexibility index (Phi) is 6.80. The first-order chi connectivity index (χ1) is 14.1. The Bertz CT molecular complexity index is 975. The number of rotatable bonds is 8. The van der Waals surface area contributed by atoms with Crippen LogP contribution in [-0.4, -0.2) is 39.9 Å². The number of benzene rings is 2. The predicted octanol–water partition coefficient (Wildman–Crippen LogP) is 3.51. The predicted molar refractivity (Wildman–Crippen MR) is 108 cm³/mol. The van der Waals surface area contributed by atoms with Crippen LogP contribution in [0.3, 0.4) is 0 Å². The van der Waals surface area contributed by atoms with Crippen molar-refractivity contribution in [3.8, 4) is 11.4 Å². The van der Waals surface area contributed by atoms with E-state index >= 15 is 0 Å². The third kappa shape index (κ3) is 5.55. The molecule has 0 saturated carbocycles. The summed E-state index contributed by atoms with van der Waals surface area (Å²) in [6, 6.07) is 11.5. The molecule has 0 aliphatic carbocycles. The number of esters is 1. The van der Waals surface area contributed by atoms with E-state index in [1.165, 1.54) is 17.3 Å². The second kappa shape index (κ2) is 9.70. The van der Waals surface area contributed by atoms with E-state index in [-0.39, 0.29) is 0 Å². The van der Waals surface area contributed by atoms with Gasteiger partial charge in [-0.3, -0.25) is 4.79 Å². The number of hydrogen-bond donors (Lipinski definition) is 1. The Labute approximate surface area is 172 Å². The monoisotopic (exact) mass is 414 g/mol. The number of amides is 1. The van der Waals surface area contributed by atoms with Gasteiger partial charge in [-0.15, -0.1) is 0 Å². The summed E-state index contributed by atoms with van der Waals surface area (Å²) in [6.45, 7) is 2.16. The van der Waals surface area contributed by atoms with Crippen LogP contribution in [0.25, 0.3) is 5.69 Å². The van der Waals surface area contributed by atoms with Gasteiger partial charge in [0, 0.05) is 5.02 Å². The van der Waals surface area contributed by atoms with Gasteiger partial charge in [-0.25, -0.2) is 14.5 Å². The lowest BCUT2D eigenvalue weighted by molar-refractivity contribution is -0.119. The molecule has 0 radical (unpaired) electrons. The van der Waals surface area contributed by atoms with Crippen LogP contribution in [0.5, 0.6) is 5.75 Å². The number of aromatic nitrogens is 3. The number of halogens is 1. The Balaban J connectivity index is 1.59. The van der Waals surface area contributed by atoms with Gasteiger partial charge in [0.15, 0.2) is 6.61 Å². The second-order valence-corrected chi connectivity index (χ2v) is 6.44. The van der Waals surface area contributed by atoms with E-state index in [0.29, 0.717) is 34.3 Å². The number of hydrogen-bond acceptors (Lipinski definition) is 6. The Hall–Kier alpha value is -3.39. The number of nitrogens with zero attached hydrogens (tertiary/aromatic N) is 3. The van der Waals surface area contributed by atoms with Gasteiger partial charge >= 0.3 is 5.97 Å². The topological polar surface area (TPSA) is 95.3 Å². The molecule has 2 aromatic carbocycles. The van der Waals surface area contributed by atoms with Gasteiger partial charge in [0.05, 0.1) is 23.5 Å². The summed E-state index contributed by atoms with van der Waals surface area (Å²) in [6.07, 6.45) is 3.76. The first-order valence-corrected chi connectivity index (χ1v) is 9.29. The van der Waals surface area contributed by atoms with Crippen LogP contribution in [-0.2, 0) is 9.53 Å². The van der Waals surface area contributed by atoms with Crippen molar-refractivity contribution in [3.05, 3.63) is 65.7 Å². The summed E-state index contributed by atoms with van der Waals surface area (Å²) in [4.78, 5) is 28.3. The molecule has 0 aliphatic rings. The highest BCUT2D eigenvalue weighted by molar-refractivity contribution is 6.31. The minimum absolute atomic E-state index is 0.327. The molecule has 1 heterocycles. The zero-order valence-corrected chi connectivity index (χ0v) is 16.4. The van der Waals surface area contributed by atoms with Crippen LogP contribution in [0.2, 0.25) is 5.02 Å². The van der Waals surface area contributed by atoms with Crippen molar-refractivity contribution >= 4 is 29.2 Å². The lowest BCUT2D eigenvalue weighted by Crippen LogP contribution is -2.21. The number of anilines is 1. The van der Waals surface area contributed by atoms with Crippen LogP contribution in [0.1, 0.15) is 23.7 Å². The highest BCUT2D eigenvalue weighted by atomic mass is 35.5. The quantitative estimate of drug-likeness (QED) is 0.567. The summed E-state index contributed by atoms with van der Waals surface area (Å²) in [7, 11) is 0. The average Bonchev–Trinajstić information content (AvgIpc) is 3.25. The standard InChI is InChI=1S/C20H19ClN4O4/c1-2-9-28-16-6-3-14(4-7-16)20(27)29-11-19(26)24-17-10-15(21)5-8-18(17)25-13-22-12-23-25/h3-8,10,12-13H,2,9,11H2,1H3,(H,24,26). The molecule has 0 spiro atoms. The summed E-state index contributed by atoms with van der Waals surface area (Å²) in [5.74, 6) is -0.447. The molecule has 0 aliphatic heterocycles. The molecule has 1 N–H and O–H groups in total. The number of nitrogens with one attached hydrogen (secondary N) is 1. The highest BCUT2D eigenvalue weighted by Gasteiger charge is 2.13. The van der Waals surface area contributed by atoms with Gasteiger partial charge in [0.1, 0.15) is 18.4 Å². The molecule has 8 nitrogen and oxygen atoms in total. The van der Waals surface area contributed by atoms with Crippen LogP contribution in [0, 0.1) is 0 Å². The number of carbonyl (C=O) groups is 2. The Morgan fingerprint density at radius 3 is 2.66 bits per heavy atom. The summed E-state index contributed by atoms with van der Waals surface area (Å²) in [5, 5.41) is 7.15. The summed E-state index contributed by atoms with van der Waals surface area (Å²) < 4.78 is 12.0. The zero-order chi connectivity index (χ0) is 20.6. The number of ether oxygens (including phenoxy) is 2. The van der Waals surface area contributed by atoms with Crippen molar-refractivity contribution in [2.75, 3.05) is 18.5 Å². The van der Waals surface area contributed by atoms with Crippen LogP contribution < -0.4 is 10.1 Å².